The Hall–Kier alpha value is -2.75. The Labute approximate surface area is 186 Å². The second kappa shape index (κ2) is 9.17. The van der Waals surface area contributed by atoms with E-state index in [0.717, 1.165) is 21.8 Å². The number of hydrogen-bond donors (Lipinski definition) is 2. The number of aromatic nitrogens is 1. The van der Waals surface area contributed by atoms with Crippen molar-refractivity contribution in [2.45, 2.75) is 33.2 Å². The molecule has 9 heteroatoms. The molecule has 1 atom stereocenters. The maximum atomic E-state index is 12.7. The van der Waals surface area contributed by atoms with Crippen molar-refractivity contribution in [1.82, 2.24) is 10.3 Å². The Morgan fingerprint density at radius 1 is 1.13 bits per heavy atom. The summed E-state index contributed by atoms with van der Waals surface area (Å²) in [6, 6.07) is 16.0. The lowest BCUT2D eigenvalue weighted by atomic mass is 9.94. The van der Waals surface area contributed by atoms with Crippen LogP contribution in [0.25, 0.3) is 11.3 Å². The molecule has 0 radical (unpaired) electrons. The highest BCUT2D eigenvalue weighted by Crippen LogP contribution is 2.29. The lowest BCUT2D eigenvalue weighted by Crippen LogP contribution is -2.38. The summed E-state index contributed by atoms with van der Waals surface area (Å²) in [5, 5.41) is 10.8. The number of hydrogen-bond acceptors (Lipinski definition) is 6. The van der Waals surface area contributed by atoms with E-state index >= 15 is 0 Å². The number of nitrogens with one attached hydrogen (secondary N) is 1. The minimum absolute atomic E-state index is 0.0804. The van der Waals surface area contributed by atoms with Gasteiger partial charge in [-0.05, 0) is 24.1 Å². The highest BCUT2D eigenvalue weighted by molar-refractivity contribution is 7.84. The molecule has 3 aromatic rings. The number of rotatable bonds is 7. The third kappa shape index (κ3) is 6.61. The average Bonchev–Trinajstić information content (AvgIpc) is 3.18. The molecule has 1 amide bonds. The summed E-state index contributed by atoms with van der Waals surface area (Å²) in [6.07, 6.45) is 0.485. The van der Waals surface area contributed by atoms with Crippen LogP contribution in [0.15, 0.2) is 60.0 Å². The highest BCUT2D eigenvalue weighted by atomic mass is 32.2. The molecule has 0 aliphatic heterocycles. The van der Waals surface area contributed by atoms with E-state index in [-0.39, 0.29) is 17.7 Å². The molecule has 31 heavy (non-hydrogen) atoms. The summed E-state index contributed by atoms with van der Waals surface area (Å²) in [5.74, 6) is 0.0466. The molecule has 0 saturated carbocycles. The number of carbonyl (C=O) groups is 1. The Bertz CT molecular complexity index is 1140. The number of carbonyl (C=O) groups excluding carboxylic acids is 1. The van der Waals surface area contributed by atoms with E-state index in [1.807, 2.05) is 56.5 Å². The predicted octanol–water partition coefficient (Wildman–Crippen LogP) is 3.84. The van der Waals surface area contributed by atoms with E-state index < -0.39 is 15.7 Å². The molecule has 1 unspecified atom stereocenters. The summed E-state index contributed by atoms with van der Waals surface area (Å²) in [6.45, 7) is 5.57. The van der Waals surface area contributed by atoms with E-state index in [4.69, 9.17) is 10.1 Å². The van der Waals surface area contributed by atoms with Crippen LogP contribution >= 0.6 is 11.3 Å². The normalized spacial score (nSPS) is 12.9. The summed E-state index contributed by atoms with van der Waals surface area (Å²) >= 11 is 1.49. The SMILES string of the molecule is CC(C)(C)C(=O)NC(Cc1ccc(OS(N)(=O)=O)cc1)c1nc(-c2ccccc2)cs1. The Balaban J connectivity index is 1.85. The fraction of sp³-hybridized carbons (Fsp3) is 0.273. The standard InChI is InChI=1S/C22H25N3O4S2/c1-22(2,3)21(26)25-18(13-15-9-11-17(12-10-15)29-31(23,27)28)20-24-19(14-30-20)16-7-5-4-6-8-16/h4-12,14,18H,13H2,1-3H3,(H,25,26)(H2,23,27,28). The van der Waals surface area contributed by atoms with E-state index in [0.29, 0.717) is 6.42 Å². The van der Waals surface area contributed by atoms with Gasteiger partial charge in [0.05, 0.1) is 11.7 Å². The topological polar surface area (TPSA) is 111 Å². The molecule has 0 aliphatic rings. The van der Waals surface area contributed by atoms with Gasteiger partial charge in [-0.15, -0.1) is 11.3 Å². The molecule has 0 saturated heterocycles. The first kappa shape index (κ1) is 22.9. The number of amides is 1. The van der Waals surface area contributed by atoms with Crippen LogP contribution in [0.2, 0.25) is 0 Å². The molecular formula is C22H25N3O4S2. The van der Waals surface area contributed by atoms with Crippen LogP contribution in [0.3, 0.4) is 0 Å². The van der Waals surface area contributed by atoms with E-state index in [1.54, 1.807) is 12.1 Å². The zero-order valence-electron chi connectivity index (χ0n) is 17.5. The summed E-state index contributed by atoms with van der Waals surface area (Å²) in [4.78, 5) is 17.5. The van der Waals surface area contributed by atoms with Gasteiger partial charge in [-0.25, -0.2) is 4.98 Å². The van der Waals surface area contributed by atoms with Gasteiger partial charge in [0.1, 0.15) is 10.8 Å². The fourth-order valence-corrected chi connectivity index (χ4v) is 4.07. The molecule has 3 rings (SSSR count). The minimum atomic E-state index is -4.08. The van der Waals surface area contributed by atoms with Crippen LogP contribution < -0.4 is 14.6 Å². The van der Waals surface area contributed by atoms with Gasteiger partial charge in [0.2, 0.25) is 5.91 Å². The maximum absolute atomic E-state index is 12.7. The van der Waals surface area contributed by atoms with Gasteiger partial charge in [0.25, 0.3) is 0 Å². The van der Waals surface area contributed by atoms with Crippen LogP contribution in [-0.2, 0) is 21.5 Å². The third-order valence-corrected chi connectivity index (χ3v) is 5.83. The summed E-state index contributed by atoms with van der Waals surface area (Å²) in [5.41, 5.74) is 2.20. The first-order valence-electron chi connectivity index (χ1n) is 9.64. The van der Waals surface area contributed by atoms with Gasteiger partial charge >= 0.3 is 10.3 Å². The first-order chi connectivity index (χ1) is 14.5. The molecule has 0 aliphatic carbocycles. The predicted molar refractivity (Wildman–Crippen MR) is 122 cm³/mol. The van der Waals surface area contributed by atoms with Gasteiger partial charge in [-0.1, -0.05) is 63.2 Å². The van der Waals surface area contributed by atoms with Crippen LogP contribution in [0.4, 0.5) is 0 Å². The maximum Gasteiger partial charge on any atom is 0.380 e. The fourth-order valence-electron chi connectivity index (χ4n) is 2.81. The monoisotopic (exact) mass is 459 g/mol. The number of nitrogens with zero attached hydrogens (tertiary/aromatic N) is 1. The van der Waals surface area contributed by atoms with Gasteiger partial charge in [0, 0.05) is 16.4 Å². The molecule has 3 N–H and O–H groups in total. The second-order valence-corrected chi connectivity index (χ2v) is 10.2. The van der Waals surface area contributed by atoms with Gasteiger partial charge < -0.3 is 9.50 Å². The molecule has 1 aromatic heterocycles. The first-order valence-corrected chi connectivity index (χ1v) is 12.0. The van der Waals surface area contributed by atoms with Gasteiger partial charge in [0.15, 0.2) is 0 Å². The molecule has 2 aromatic carbocycles. The summed E-state index contributed by atoms with van der Waals surface area (Å²) in [7, 11) is -4.08. The van der Waals surface area contributed by atoms with Crippen molar-refractivity contribution in [3.05, 3.63) is 70.5 Å². The Morgan fingerprint density at radius 2 is 1.77 bits per heavy atom. The Kier molecular flexibility index (Phi) is 6.78. The van der Waals surface area contributed by atoms with Crippen molar-refractivity contribution in [2.24, 2.45) is 10.6 Å². The van der Waals surface area contributed by atoms with Gasteiger partial charge in [-0.3, -0.25) is 4.79 Å². The molecular weight excluding hydrogens is 434 g/mol. The Morgan fingerprint density at radius 3 is 2.35 bits per heavy atom. The number of thiazole rings is 1. The van der Waals surface area contributed by atoms with Crippen LogP contribution in [0.5, 0.6) is 5.75 Å². The van der Waals surface area contributed by atoms with E-state index in [2.05, 4.69) is 9.50 Å². The van der Waals surface area contributed by atoms with Crippen LogP contribution in [0.1, 0.15) is 37.4 Å². The van der Waals surface area contributed by atoms with Crippen LogP contribution in [-0.4, -0.2) is 19.3 Å². The minimum Gasteiger partial charge on any atom is -0.371 e. The zero-order valence-corrected chi connectivity index (χ0v) is 19.2. The number of nitrogens with two attached hydrogens (primary N) is 1. The van der Waals surface area contributed by atoms with Crippen molar-refractivity contribution in [3.63, 3.8) is 0 Å². The number of benzene rings is 2. The smallest absolute Gasteiger partial charge is 0.371 e. The van der Waals surface area contributed by atoms with Crippen molar-refractivity contribution in [1.29, 1.82) is 0 Å². The largest absolute Gasteiger partial charge is 0.380 e. The quantitative estimate of drug-likeness (QED) is 0.558. The van der Waals surface area contributed by atoms with Crippen molar-refractivity contribution >= 4 is 27.5 Å². The molecule has 0 bridgehead atoms. The summed E-state index contributed by atoms with van der Waals surface area (Å²) < 4.78 is 26.8. The lowest BCUT2D eigenvalue weighted by Gasteiger charge is -2.23. The molecule has 7 nitrogen and oxygen atoms in total. The lowest BCUT2D eigenvalue weighted by molar-refractivity contribution is -0.129. The van der Waals surface area contributed by atoms with E-state index in [1.165, 1.54) is 23.5 Å². The molecule has 0 spiro atoms. The van der Waals surface area contributed by atoms with Crippen LogP contribution in [0, 0.1) is 5.41 Å². The zero-order chi connectivity index (χ0) is 22.6. The van der Waals surface area contributed by atoms with Gasteiger partial charge in [-0.2, -0.15) is 13.6 Å². The molecule has 0 fully saturated rings. The second-order valence-electron chi connectivity index (χ2n) is 8.14. The van der Waals surface area contributed by atoms with Crippen molar-refractivity contribution < 1.29 is 17.4 Å². The van der Waals surface area contributed by atoms with Crippen molar-refractivity contribution in [3.8, 4) is 17.0 Å². The highest BCUT2D eigenvalue weighted by Gasteiger charge is 2.26. The molecule has 1 heterocycles. The van der Waals surface area contributed by atoms with Crippen molar-refractivity contribution in [2.75, 3.05) is 0 Å². The third-order valence-electron chi connectivity index (χ3n) is 4.45. The average molecular weight is 460 g/mol. The molecule has 164 valence electrons. The van der Waals surface area contributed by atoms with E-state index in [9.17, 15) is 13.2 Å².